The van der Waals surface area contributed by atoms with Gasteiger partial charge in [-0.15, -0.1) is 0 Å². The molecule has 0 aliphatic carbocycles. The maximum Gasteiger partial charge on any atom is 0.264 e. The van der Waals surface area contributed by atoms with Crippen molar-refractivity contribution in [3.05, 3.63) is 155 Å². The highest BCUT2D eigenvalue weighted by Gasteiger charge is 2.34. The van der Waals surface area contributed by atoms with Crippen LogP contribution in [-0.2, 0) is 32.6 Å². The first kappa shape index (κ1) is 34.2. The minimum Gasteiger partial charge on any atom is -0.457 e. The van der Waals surface area contributed by atoms with Crippen LogP contribution in [0.15, 0.2) is 138 Å². The number of aryl methyl sites for hydroxylation is 1. The number of hydrogen-bond acceptors (Lipinski definition) is 5. The average molecular weight is 682 g/mol. The van der Waals surface area contributed by atoms with Crippen molar-refractivity contribution in [3.8, 4) is 11.5 Å². The van der Waals surface area contributed by atoms with E-state index in [9.17, 15) is 18.0 Å². The maximum atomic E-state index is 14.5. The van der Waals surface area contributed by atoms with Gasteiger partial charge in [-0.05, 0) is 78.7 Å². The molecule has 0 aliphatic heterocycles. The van der Waals surface area contributed by atoms with Crippen LogP contribution in [0.2, 0.25) is 5.02 Å². The lowest BCUT2D eigenvalue weighted by atomic mass is 10.0. The predicted molar refractivity (Wildman–Crippen MR) is 189 cm³/mol. The fourth-order valence-corrected chi connectivity index (χ4v) is 6.72. The molecule has 10 heteroatoms. The lowest BCUT2D eigenvalue weighted by Crippen LogP contribution is -2.53. The van der Waals surface area contributed by atoms with Crippen molar-refractivity contribution < 1.29 is 22.7 Å². The van der Waals surface area contributed by atoms with Crippen molar-refractivity contribution in [1.82, 2.24) is 10.2 Å². The lowest BCUT2D eigenvalue weighted by Gasteiger charge is -2.33. The molecule has 0 aromatic heterocycles. The molecule has 0 aliphatic rings. The second kappa shape index (κ2) is 15.6. The SMILES string of the molecule is CNC(=O)[C@H](Cc1ccccc1)N(Cc1ccc(Cl)cc1)C(=O)CN(c1ccc(Oc2ccccc2)cc1)S(=O)(=O)c1ccc(C)cc1. The molecule has 5 aromatic rings. The molecule has 8 nitrogen and oxygen atoms in total. The summed E-state index contributed by atoms with van der Waals surface area (Å²) in [6.45, 7) is 1.34. The molecule has 1 N–H and O–H groups in total. The zero-order valence-electron chi connectivity index (χ0n) is 26.6. The third-order valence-corrected chi connectivity index (χ3v) is 9.82. The van der Waals surface area contributed by atoms with E-state index in [-0.39, 0.29) is 29.5 Å². The van der Waals surface area contributed by atoms with E-state index in [2.05, 4.69) is 5.32 Å². The molecular weight excluding hydrogens is 646 g/mol. The smallest absolute Gasteiger partial charge is 0.264 e. The fourth-order valence-electron chi connectivity index (χ4n) is 5.18. The number of rotatable bonds is 13. The quantitative estimate of drug-likeness (QED) is 0.144. The highest BCUT2D eigenvalue weighted by molar-refractivity contribution is 7.92. The first-order chi connectivity index (χ1) is 23.1. The van der Waals surface area contributed by atoms with Gasteiger partial charge in [-0.2, -0.15) is 0 Å². The van der Waals surface area contributed by atoms with Crippen LogP contribution in [0.1, 0.15) is 16.7 Å². The summed E-state index contributed by atoms with van der Waals surface area (Å²) in [6, 6.07) is 37.6. The summed E-state index contributed by atoms with van der Waals surface area (Å²) < 4.78 is 35.5. The van der Waals surface area contributed by atoms with E-state index in [1.54, 1.807) is 60.7 Å². The fraction of sp³-hybridized carbons (Fsp3) is 0.158. The van der Waals surface area contributed by atoms with E-state index in [0.717, 1.165) is 21.0 Å². The number of halogens is 1. The van der Waals surface area contributed by atoms with Crippen molar-refractivity contribution >= 4 is 39.1 Å². The highest BCUT2D eigenvalue weighted by atomic mass is 35.5. The lowest BCUT2D eigenvalue weighted by molar-refractivity contribution is -0.139. The second-order valence-corrected chi connectivity index (χ2v) is 13.5. The van der Waals surface area contributed by atoms with Crippen LogP contribution in [-0.4, -0.2) is 44.8 Å². The summed E-state index contributed by atoms with van der Waals surface area (Å²) in [4.78, 5) is 29.4. The number of anilines is 1. The molecule has 48 heavy (non-hydrogen) atoms. The van der Waals surface area contributed by atoms with Gasteiger partial charge in [0, 0.05) is 25.0 Å². The molecule has 0 saturated heterocycles. The number of carbonyl (C=O) groups excluding carboxylic acids is 2. The Bertz CT molecular complexity index is 1920. The van der Waals surface area contributed by atoms with Gasteiger partial charge in [0.1, 0.15) is 24.1 Å². The normalized spacial score (nSPS) is 11.7. The Kier molecular flexibility index (Phi) is 11.2. The second-order valence-electron chi connectivity index (χ2n) is 11.2. The summed E-state index contributed by atoms with van der Waals surface area (Å²) in [5.41, 5.74) is 2.72. The Labute approximate surface area is 286 Å². The molecule has 0 fully saturated rings. The van der Waals surface area contributed by atoms with Crippen LogP contribution in [0.25, 0.3) is 0 Å². The van der Waals surface area contributed by atoms with Crippen molar-refractivity contribution in [2.75, 3.05) is 17.9 Å². The molecular formula is C38H36ClN3O5S. The molecule has 246 valence electrons. The third kappa shape index (κ3) is 8.61. The topological polar surface area (TPSA) is 96.0 Å². The van der Waals surface area contributed by atoms with Crippen LogP contribution >= 0.6 is 11.6 Å². The Morgan fingerprint density at radius 2 is 1.33 bits per heavy atom. The van der Waals surface area contributed by atoms with Crippen molar-refractivity contribution in [2.24, 2.45) is 0 Å². The van der Waals surface area contributed by atoms with E-state index in [4.69, 9.17) is 16.3 Å². The van der Waals surface area contributed by atoms with Gasteiger partial charge in [-0.25, -0.2) is 8.42 Å². The largest absolute Gasteiger partial charge is 0.457 e. The Morgan fingerprint density at radius 3 is 1.94 bits per heavy atom. The van der Waals surface area contributed by atoms with Gasteiger partial charge in [0.05, 0.1) is 10.6 Å². The van der Waals surface area contributed by atoms with Gasteiger partial charge >= 0.3 is 0 Å². The molecule has 0 bridgehead atoms. The van der Waals surface area contributed by atoms with Gasteiger partial charge in [0.25, 0.3) is 10.0 Å². The summed E-state index contributed by atoms with van der Waals surface area (Å²) in [5, 5.41) is 3.22. The number of carbonyl (C=O) groups is 2. The molecule has 0 spiro atoms. The van der Waals surface area contributed by atoms with E-state index in [1.807, 2.05) is 67.6 Å². The molecule has 2 amide bonds. The molecule has 0 heterocycles. The molecule has 5 aromatic carbocycles. The van der Waals surface area contributed by atoms with Crippen LogP contribution in [0.3, 0.4) is 0 Å². The van der Waals surface area contributed by atoms with Gasteiger partial charge in [0.15, 0.2) is 0 Å². The van der Waals surface area contributed by atoms with Crippen molar-refractivity contribution in [2.45, 2.75) is 30.8 Å². The van der Waals surface area contributed by atoms with Crippen LogP contribution in [0.5, 0.6) is 11.5 Å². The van der Waals surface area contributed by atoms with E-state index in [1.165, 1.54) is 24.1 Å². The molecule has 0 unspecified atom stereocenters. The number of likely N-dealkylation sites (N-methyl/N-ethyl adjacent to an activating group) is 1. The van der Waals surface area contributed by atoms with Crippen LogP contribution in [0, 0.1) is 6.92 Å². The molecule has 5 rings (SSSR count). The zero-order chi connectivity index (χ0) is 34.1. The van der Waals surface area contributed by atoms with Gasteiger partial charge < -0.3 is 15.0 Å². The Hall–Kier alpha value is -5.12. The van der Waals surface area contributed by atoms with Gasteiger partial charge in [0.2, 0.25) is 11.8 Å². The summed E-state index contributed by atoms with van der Waals surface area (Å²) in [5.74, 6) is 0.184. The Morgan fingerprint density at radius 1 is 0.750 bits per heavy atom. The number of nitrogens with one attached hydrogen (secondary N) is 1. The number of nitrogens with zero attached hydrogens (tertiary/aromatic N) is 2. The number of amides is 2. The summed E-state index contributed by atoms with van der Waals surface area (Å²) in [6.07, 6.45) is 0.218. The number of hydrogen-bond donors (Lipinski definition) is 1. The van der Waals surface area contributed by atoms with Crippen molar-refractivity contribution in [1.29, 1.82) is 0 Å². The van der Waals surface area contributed by atoms with Crippen LogP contribution in [0.4, 0.5) is 5.69 Å². The van der Waals surface area contributed by atoms with E-state index in [0.29, 0.717) is 16.5 Å². The van der Waals surface area contributed by atoms with Crippen molar-refractivity contribution in [3.63, 3.8) is 0 Å². The number of para-hydroxylation sites is 1. The van der Waals surface area contributed by atoms with Gasteiger partial charge in [-0.3, -0.25) is 13.9 Å². The monoisotopic (exact) mass is 681 g/mol. The number of benzene rings is 5. The maximum absolute atomic E-state index is 14.5. The molecule has 0 saturated carbocycles. The minimum absolute atomic E-state index is 0.0295. The van der Waals surface area contributed by atoms with Crippen LogP contribution < -0.4 is 14.4 Å². The Balaban J connectivity index is 1.54. The average Bonchev–Trinajstić information content (AvgIpc) is 3.10. The highest BCUT2D eigenvalue weighted by Crippen LogP contribution is 2.29. The van der Waals surface area contributed by atoms with E-state index < -0.39 is 28.5 Å². The first-order valence-corrected chi connectivity index (χ1v) is 17.2. The third-order valence-electron chi connectivity index (χ3n) is 7.78. The molecule has 0 radical (unpaired) electrons. The number of ether oxygens (including phenoxy) is 1. The number of sulfonamides is 1. The van der Waals surface area contributed by atoms with E-state index >= 15 is 0 Å². The minimum atomic E-state index is -4.23. The van der Waals surface area contributed by atoms with Gasteiger partial charge in [-0.1, -0.05) is 90.0 Å². The zero-order valence-corrected chi connectivity index (χ0v) is 28.2. The predicted octanol–water partition coefficient (Wildman–Crippen LogP) is 7.02. The standard InChI is InChI=1S/C38H36ClN3O5S/c1-28-13-23-35(24-14-28)48(45,46)42(32-19-21-34(22-20-32)47-33-11-7-4-8-12-33)27-37(43)41(26-30-15-17-31(39)18-16-30)36(38(44)40-2)25-29-9-5-3-6-10-29/h3-24,36H,25-27H2,1-2H3,(H,40,44)/t36-/m0/s1. The summed E-state index contributed by atoms with van der Waals surface area (Å²) in [7, 11) is -2.72. The molecule has 1 atom stereocenters. The first-order valence-electron chi connectivity index (χ1n) is 15.4. The summed E-state index contributed by atoms with van der Waals surface area (Å²) >= 11 is 6.14.